The lowest BCUT2D eigenvalue weighted by atomic mass is 9.96. The number of halogens is 1. The van der Waals surface area contributed by atoms with E-state index in [1.807, 2.05) is 30.1 Å². The fraction of sp³-hybridized carbons (Fsp3) is 0.444. The van der Waals surface area contributed by atoms with Crippen LogP contribution in [0.4, 0.5) is 0 Å². The summed E-state index contributed by atoms with van der Waals surface area (Å²) >= 11 is 6.27. The summed E-state index contributed by atoms with van der Waals surface area (Å²) < 4.78 is 5.31. The van der Waals surface area contributed by atoms with Crippen molar-refractivity contribution in [2.24, 2.45) is 5.92 Å². The lowest BCUT2D eigenvalue weighted by Crippen LogP contribution is -2.40. The number of hydrogen-bond acceptors (Lipinski definition) is 4. The molecule has 6 heteroatoms. The van der Waals surface area contributed by atoms with Gasteiger partial charge in [0.2, 0.25) is 0 Å². The summed E-state index contributed by atoms with van der Waals surface area (Å²) in [5.74, 6) is 1.14. The van der Waals surface area contributed by atoms with Crippen LogP contribution in [0.3, 0.4) is 0 Å². The maximum atomic E-state index is 13.0. The molecule has 3 rings (SSSR count). The first-order valence-corrected chi connectivity index (χ1v) is 8.64. The highest BCUT2D eigenvalue weighted by Gasteiger charge is 2.29. The first kappa shape index (κ1) is 17.0. The Balaban J connectivity index is 1.84. The number of nitrogens with zero attached hydrogens (tertiary/aromatic N) is 2. The van der Waals surface area contributed by atoms with Gasteiger partial charge in [0.05, 0.1) is 5.02 Å². The molecule has 0 aliphatic carbocycles. The van der Waals surface area contributed by atoms with Gasteiger partial charge in [-0.05, 0) is 45.3 Å². The van der Waals surface area contributed by atoms with Crippen molar-refractivity contribution >= 4 is 17.5 Å². The molecule has 2 aromatic rings. The van der Waals surface area contributed by atoms with Gasteiger partial charge >= 0.3 is 0 Å². The topological polar surface area (TPSA) is 58.4 Å². The number of rotatable bonds is 4. The number of amides is 1. The molecule has 1 aliphatic heterocycles. The molecule has 1 N–H and O–H groups in total. The van der Waals surface area contributed by atoms with Crippen LogP contribution in [-0.2, 0) is 0 Å². The molecule has 0 bridgehead atoms. The molecule has 1 aromatic heterocycles. The van der Waals surface area contributed by atoms with Crippen LogP contribution in [0.15, 0.2) is 28.8 Å². The third-order valence-corrected chi connectivity index (χ3v) is 4.93. The number of likely N-dealkylation sites (tertiary alicyclic amines) is 1. The van der Waals surface area contributed by atoms with Gasteiger partial charge in [-0.2, -0.15) is 0 Å². The average molecular weight is 348 g/mol. The van der Waals surface area contributed by atoms with Crippen molar-refractivity contribution in [2.45, 2.75) is 19.8 Å². The van der Waals surface area contributed by atoms with Crippen LogP contribution in [0.5, 0.6) is 0 Å². The third kappa shape index (κ3) is 3.32. The number of benzene rings is 1. The molecule has 128 valence electrons. The van der Waals surface area contributed by atoms with E-state index in [1.54, 1.807) is 13.0 Å². The zero-order valence-corrected chi connectivity index (χ0v) is 14.8. The van der Waals surface area contributed by atoms with Gasteiger partial charge in [-0.3, -0.25) is 4.79 Å². The molecule has 2 heterocycles. The first-order chi connectivity index (χ1) is 11.6. The summed E-state index contributed by atoms with van der Waals surface area (Å²) in [7, 11) is 1.97. The van der Waals surface area contributed by atoms with E-state index in [4.69, 9.17) is 16.1 Å². The Bertz CT molecular complexity index is 721. The number of nitrogens with one attached hydrogen (secondary N) is 1. The molecule has 1 aromatic carbocycles. The molecule has 0 spiro atoms. The summed E-state index contributed by atoms with van der Waals surface area (Å²) in [6, 6.07) is 7.38. The largest absolute Gasteiger partial charge is 0.360 e. The van der Waals surface area contributed by atoms with Gasteiger partial charge in [0.15, 0.2) is 0 Å². The van der Waals surface area contributed by atoms with Gasteiger partial charge in [0.25, 0.3) is 5.91 Å². The monoisotopic (exact) mass is 347 g/mol. The van der Waals surface area contributed by atoms with Gasteiger partial charge in [-0.25, -0.2) is 0 Å². The molecule has 1 amide bonds. The van der Waals surface area contributed by atoms with Gasteiger partial charge in [-0.1, -0.05) is 35.0 Å². The second-order valence-electron chi connectivity index (χ2n) is 6.24. The van der Waals surface area contributed by atoms with Crippen LogP contribution in [0.25, 0.3) is 11.3 Å². The lowest BCUT2D eigenvalue weighted by molar-refractivity contribution is 0.0690. The molecule has 0 atom stereocenters. The van der Waals surface area contributed by atoms with Crippen molar-refractivity contribution < 1.29 is 9.32 Å². The van der Waals surface area contributed by atoms with Gasteiger partial charge in [0, 0.05) is 18.7 Å². The van der Waals surface area contributed by atoms with Crippen LogP contribution < -0.4 is 5.32 Å². The lowest BCUT2D eigenvalue weighted by Gasteiger charge is -2.32. The van der Waals surface area contributed by atoms with Gasteiger partial charge in [-0.15, -0.1) is 0 Å². The Morgan fingerprint density at radius 1 is 1.38 bits per heavy atom. The quantitative estimate of drug-likeness (QED) is 0.921. The number of carbonyl (C=O) groups excluding carboxylic acids is 1. The molecule has 0 radical (unpaired) electrons. The zero-order valence-electron chi connectivity index (χ0n) is 14.0. The molecule has 1 saturated heterocycles. The number of aryl methyl sites for hydroxylation is 1. The van der Waals surface area contributed by atoms with E-state index in [-0.39, 0.29) is 5.91 Å². The van der Waals surface area contributed by atoms with Crippen LogP contribution >= 0.6 is 11.6 Å². The van der Waals surface area contributed by atoms with E-state index < -0.39 is 0 Å². The fourth-order valence-corrected chi connectivity index (χ4v) is 3.47. The van der Waals surface area contributed by atoms with Crippen LogP contribution in [0.2, 0.25) is 5.02 Å². The van der Waals surface area contributed by atoms with E-state index >= 15 is 0 Å². The Labute approximate surface area is 147 Å². The maximum Gasteiger partial charge on any atom is 0.259 e. The highest BCUT2D eigenvalue weighted by atomic mass is 35.5. The van der Waals surface area contributed by atoms with Crippen molar-refractivity contribution in [3.05, 3.63) is 40.6 Å². The van der Waals surface area contributed by atoms with E-state index in [9.17, 15) is 4.79 Å². The number of piperidine rings is 1. The Kier molecular flexibility index (Phi) is 5.21. The SMILES string of the molecule is CNCC1CCN(C(=O)c2c(-c3ccccc3Cl)noc2C)CC1. The molecular formula is C18H22ClN3O2. The normalized spacial score (nSPS) is 15.7. The minimum Gasteiger partial charge on any atom is -0.360 e. The number of aromatic nitrogens is 1. The summed E-state index contributed by atoms with van der Waals surface area (Å²) in [4.78, 5) is 14.9. The molecule has 24 heavy (non-hydrogen) atoms. The highest BCUT2D eigenvalue weighted by Crippen LogP contribution is 2.32. The van der Waals surface area contributed by atoms with E-state index in [2.05, 4.69) is 10.5 Å². The second-order valence-corrected chi connectivity index (χ2v) is 6.64. The van der Waals surface area contributed by atoms with Crippen LogP contribution in [-0.4, -0.2) is 42.6 Å². The first-order valence-electron chi connectivity index (χ1n) is 8.27. The predicted octanol–water partition coefficient (Wildman–Crippen LogP) is 3.38. The predicted molar refractivity (Wildman–Crippen MR) is 94.2 cm³/mol. The van der Waals surface area contributed by atoms with Crippen LogP contribution in [0.1, 0.15) is 29.0 Å². The summed E-state index contributed by atoms with van der Waals surface area (Å²) in [6.07, 6.45) is 2.02. The van der Waals surface area contributed by atoms with Crippen LogP contribution in [0, 0.1) is 12.8 Å². The maximum absolute atomic E-state index is 13.0. The molecule has 0 saturated carbocycles. The van der Waals surface area contributed by atoms with Gasteiger partial charge < -0.3 is 14.7 Å². The summed E-state index contributed by atoms with van der Waals surface area (Å²) in [5, 5.41) is 7.86. The van der Waals surface area contributed by atoms with Crippen molar-refractivity contribution in [3.8, 4) is 11.3 Å². The van der Waals surface area contributed by atoms with Crippen molar-refractivity contribution in [2.75, 3.05) is 26.7 Å². The highest BCUT2D eigenvalue weighted by molar-refractivity contribution is 6.33. The Hall–Kier alpha value is -1.85. The fourth-order valence-electron chi connectivity index (χ4n) is 3.25. The van der Waals surface area contributed by atoms with Crippen molar-refractivity contribution in [1.82, 2.24) is 15.4 Å². The third-order valence-electron chi connectivity index (χ3n) is 4.60. The average Bonchev–Trinajstić information content (AvgIpc) is 2.97. The number of carbonyl (C=O) groups is 1. The minimum absolute atomic E-state index is 0.0217. The van der Waals surface area contributed by atoms with Crippen molar-refractivity contribution in [3.63, 3.8) is 0 Å². The van der Waals surface area contributed by atoms with Crippen molar-refractivity contribution in [1.29, 1.82) is 0 Å². The molecular weight excluding hydrogens is 326 g/mol. The minimum atomic E-state index is -0.0217. The molecule has 1 fully saturated rings. The Morgan fingerprint density at radius 3 is 2.75 bits per heavy atom. The van der Waals surface area contributed by atoms with E-state index in [0.29, 0.717) is 28.0 Å². The zero-order chi connectivity index (χ0) is 17.1. The second kappa shape index (κ2) is 7.36. The Morgan fingerprint density at radius 2 is 2.08 bits per heavy atom. The van der Waals surface area contributed by atoms with E-state index in [0.717, 1.165) is 38.0 Å². The molecule has 1 aliphatic rings. The van der Waals surface area contributed by atoms with E-state index in [1.165, 1.54) is 0 Å². The summed E-state index contributed by atoms with van der Waals surface area (Å²) in [6.45, 7) is 4.29. The standard InChI is InChI=1S/C18H22ClN3O2/c1-12-16(17(21-24-12)14-5-3-4-6-15(14)19)18(23)22-9-7-13(8-10-22)11-20-2/h3-6,13,20H,7-11H2,1-2H3. The molecule has 0 unspecified atom stereocenters. The summed E-state index contributed by atoms with van der Waals surface area (Å²) in [5.41, 5.74) is 1.78. The smallest absolute Gasteiger partial charge is 0.259 e. The molecule has 5 nitrogen and oxygen atoms in total. The number of hydrogen-bond donors (Lipinski definition) is 1. The van der Waals surface area contributed by atoms with Gasteiger partial charge in [0.1, 0.15) is 17.0 Å².